The molecular weight excluding hydrogens is 296 g/mol. The summed E-state index contributed by atoms with van der Waals surface area (Å²) in [5.41, 5.74) is -0.950. The van der Waals surface area contributed by atoms with E-state index < -0.39 is 24.0 Å². The molecule has 0 aromatic heterocycles. The number of hydrogen-bond acceptors (Lipinski definition) is 3. The van der Waals surface area contributed by atoms with Gasteiger partial charge < -0.3 is 15.2 Å². The van der Waals surface area contributed by atoms with Crippen molar-refractivity contribution >= 4 is 11.9 Å². The lowest BCUT2D eigenvalue weighted by atomic mass is 9.97. The predicted octanol–water partition coefficient (Wildman–Crippen LogP) is 2.34. The highest BCUT2D eigenvalue weighted by Crippen LogP contribution is 2.30. The maximum atomic E-state index is 12.3. The first-order valence-corrected chi connectivity index (χ1v) is 7.00. The number of rotatable bonds is 6. The van der Waals surface area contributed by atoms with Crippen LogP contribution >= 0.6 is 0 Å². The Kier molecular flexibility index (Phi) is 4.95. The molecule has 0 heterocycles. The van der Waals surface area contributed by atoms with Crippen molar-refractivity contribution in [2.24, 2.45) is 0 Å². The van der Waals surface area contributed by atoms with Gasteiger partial charge in [0.1, 0.15) is 11.3 Å². The third kappa shape index (κ3) is 3.72. The smallest absolute Gasteiger partial charge is 0.387 e. The number of benzene rings is 1. The van der Waals surface area contributed by atoms with Crippen LogP contribution in [0.3, 0.4) is 0 Å². The van der Waals surface area contributed by atoms with Gasteiger partial charge in [0.25, 0.3) is 0 Å². The van der Waals surface area contributed by atoms with Gasteiger partial charge in [0, 0.05) is 5.56 Å². The fraction of sp³-hybridized carbons (Fsp3) is 0.467. The minimum atomic E-state index is -2.98. The third-order valence-electron chi connectivity index (χ3n) is 3.78. The standard InChI is InChI=1S/C15H17F2NO4/c16-14(17)22-11-6-2-1-5-10(11)9-12(19)18-15(13(20)21)7-3-4-8-15/h1-2,5-6,14H,3-4,7-9H2,(H,18,19)(H,20,21). The van der Waals surface area contributed by atoms with Crippen molar-refractivity contribution in [3.05, 3.63) is 29.8 Å². The second-order valence-corrected chi connectivity index (χ2v) is 5.31. The largest absolute Gasteiger partial charge is 0.480 e. The fourth-order valence-electron chi connectivity index (χ4n) is 2.72. The zero-order valence-corrected chi connectivity index (χ0v) is 11.9. The van der Waals surface area contributed by atoms with Crippen LogP contribution in [0.15, 0.2) is 24.3 Å². The number of carboxylic acids is 1. The van der Waals surface area contributed by atoms with E-state index in [0.29, 0.717) is 18.4 Å². The van der Waals surface area contributed by atoms with E-state index in [2.05, 4.69) is 10.1 Å². The average Bonchev–Trinajstić information content (AvgIpc) is 2.90. The number of alkyl halides is 2. The monoisotopic (exact) mass is 313 g/mol. The Morgan fingerprint density at radius 3 is 2.50 bits per heavy atom. The quantitative estimate of drug-likeness (QED) is 0.845. The van der Waals surface area contributed by atoms with Crippen molar-refractivity contribution in [2.75, 3.05) is 0 Å². The molecule has 5 nitrogen and oxygen atoms in total. The summed E-state index contributed by atoms with van der Waals surface area (Å²) in [5.74, 6) is -1.66. The molecule has 1 aromatic rings. The maximum Gasteiger partial charge on any atom is 0.387 e. The lowest BCUT2D eigenvalue weighted by molar-refractivity contribution is -0.147. The second-order valence-electron chi connectivity index (χ2n) is 5.31. The van der Waals surface area contributed by atoms with Crippen molar-refractivity contribution in [2.45, 2.75) is 44.3 Å². The molecule has 1 saturated carbocycles. The molecule has 1 aliphatic rings. The summed E-state index contributed by atoms with van der Waals surface area (Å²) in [6, 6.07) is 5.97. The van der Waals surface area contributed by atoms with Crippen LogP contribution in [-0.4, -0.2) is 29.1 Å². The lowest BCUT2D eigenvalue weighted by Gasteiger charge is -2.25. The van der Waals surface area contributed by atoms with Gasteiger partial charge in [0.15, 0.2) is 0 Å². The number of halogens is 2. The molecule has 2 N–H and O–H groups in total. The molecular formula is C15H17F2NO4. The highest BCUT2D eigenvalue weighted by Gasteiger charge is 2.42. The summed E-state index contributed by atoms with van der Waals surface area (Å²) in [6.07, 6.45) is 2.01. The van der Waals surface area contributed by atoms with Crippen LogP contribution in [0.25, 0.3) is 0 Å². The number of carbonyl (C=O) groups excluding carboxylic acids is 1. The highest BCUT2D eigenvalue weighted by atomic mass is 19.3. The number of ether oxygens (including phenoxy) is 1. The summed E-state index contributed by atoms with van der Waals surface area (Å²) in [6.45, 7) is -2.98. The first kappa shape index (κ1) is 16.2. The van der Waals surface area contributed by atoms with E-state index in [0.717, 1.165) is 12.8 Å². The van der Waals surface area contributed by atoms with Crippen LogP contribution in [0, 0.1) is 0 Å². The van der Waals surface area contributed by atoms with Crippen molar-refractivity contribution in [1.29, 1.82) is 0 Å². The summed E-state index contributed by atoms with van der Waals surface area (Å²) in [7, 11) is 0. The zero-order valence-electron chi connectivity index (χ0n) is 11.9. The number of amides is 1. The summed E-state index contributed by atoms with van der Waals surface area (Å²) >= 11 is 0. The number of aliphatic carboxylic acids is 1. The molecule has 7 heteroatoms. The van der Waals surface area contributed by atoms with E-state index in [1.807, 2.05) is 0 Å². The Morgan fingerprint density at radius 2 is 1.91 bits per heavy atom. The van der Waals surface area contributed by atoms with Crippen molar-refractivity contribution in [1.82, 2.24) is 5.32 Å². The van der Waals surface area contributed by atoms with E-state index in [-0.39, 0.29) is 12.2 Å². The summed E-state index contributed by atoms with van der Waals surface area (Å²) < 4.78 is 29.0. The van der Waals surface area contributed by atoms with Gasteiger partial charge in [0.2, 0.25) is 5.91 Å². The Labute approximate surface area is 126 Å². The molecule has 0 unspecified atom stereocenters. The SMILES string of the molecule is O=C(Cc1ccccc1OC(F)F)NC1(C(=O)O)CCCC1. The van der Waals surface area contributed by atoms with Gasteiger partial charge in [-0.2, -0.15) is 8.78 Å². The van der Waals surface area contributed by atoms with E-state index in [9.17, 15) is 23.5 Å². The highest BCUT2D eigenvalue weighted by molar-refractivity contribution is 5.88. The van der Waals surface area contributed by atoms with Crippen LogP contribution in [-0.2, 0) is 16.0 Å². The Balaban J connectivity index is 2.07. The van der Waals surface area contributed by atoms with Gasteiger partial charge in [-0.1, -0.05) is 31.0 Å². The zero-order chi connectivity index (χ0) is 16.2. The van der Waals surface area contributed by atoms with Crippen LogP contribution in [0.4, 0.5) is 8.78 Å². The molecule has 2 rings (SSSR count). The van der Waals surface area contributed by atoms with Gasteiger partial charge in [-0.15, -0.1) is 0 Å². The molecule has 0 aliphatic heterocycles. The molecule has 1 amide bonds. The number of para-hydroxylation sites is 1. The van der Waals surface area contributed by atoms with Crippen molar-refractivity contribution in [3.8, 4) is 5.75 Å². The summed E-state index contributed by atoms with van der Waals surface area (Å²) in [5, 5.41) is 11.9. The Bertz CT molecular complexity index is 556. The van der Waals surface area contributed by atoms with Crippen LogP contribution < -0.4 is 10.1 Å². The molecule has 0 spiro atoms. The molecule has 0 saturated heterocycles. The molecule has 0 bridgehead atoms. The maximum absolute atomic E-state index is 12.3. The second kappa shape index (κ2) is 6.72. The normalized spacial score (nSPS) is 16.5. The topological polar surface area (TPSA) is 75.6 Å². The van der Waals surface area contributed by atoms with Crippen LogP contribution in [0.2, 0.25) is 0 Å². The molecule has 0 atom stereocenters. The predicted molar refractivity (Wildman–Crippen MR) is 73.8 cm³/mol. The van der Waals surface area contributed by atoms with Gasteiger partial charge in [-0.05, 0) is 18.9 Å². The van der Waals surface area contributed by atoms with Crippen molar-refractivity contribution < 1.29 is 28.2 Å². The van der Waals surface area contributed by atoms with E-state index in [1.54, 1.807) is 6.07 Å². The first-order chi connectivity index (χ1) is 10.4. The van der Waals surface area contributed by atoms with Gasteiger partial charge >= 0.3 is 12.6 Å². The first-order valence-electron chi connectivity index (χ1n) is 7.00. The number of hydrogen-bond donors (Lipinski definition) is 2. The lowest BCUT2D eigenvalue weighted by Crippen LogP contribution is -2.52. The molecule has 1 fully saturated rings. The van der Waals surface area contributed by atoms with Gasteiger partial charge in [-0.25, -0.2) is 4.79 Å². The number of carboxylic acid groups (broad SMARTS) is 1. The minimum Gasteiger partial charge on any atom is -0.480 e. The van der Waals surface area contributed by atoms with E-state index >= 15 is 0 Å². The summed E-state index contributed by atoms with van der Waals surface area (Å²) in [4.78, 5) is 23.5. The van der Waals surface area contributed by atoms with Crippen LogP contribution in [0.1, 0.15) is 31.2 Å². The van der Waals surface area contributed by atoms with E-state index in [4.69, 9.17) is 0 Å². The minimum absolute atomic E-state index is 0.0801. The number of carbonyl (C=O) groups is 2. The molecule has 120 valence electrons. The number of nitrogens with one attached hydrogen (secondary N) is 1. The van der Waals surface area contributed by atoms with Gasteiger partial charge in [0.05, 0.1) is 6.42 Å². The molecule has 1 aromatic carbocycles. The third-order valence-corrected chi connectivity index (χ3v) is 3.78. The fourth-order valence-corrected chi connectivity index (χ4v) is 2.72. The van der Waals surface area contributed by atoms with Crippen molar-refractivity contribution in [3.63, 3.8) is 0 Å². The average molecular weight is 313 g/mol. The van der Waals surface area contributed by atoms with Gasteiger partial charge in [-0.3, -0.25) is 4.79 Å². The molecule has 1 aliphatic carbocycles. The Morgan fingerprint density at radius 1 is 1.27 bits per heavy atom. The Hall–Kier alpha value is -2.18. The van der Waals surface area contributed by atoms with Crippen LogP contribution in [0.5, 0.6) is 5.75 Å². The molecule has 22 heavy (non-hydrogen) atoms. The molecule has 0 radical (unpaired) electrons. The van der Waals surface area contributed by atoms with E-state index in [1.165, 1.54) is 18.2 Å².